The average Bonchev–Trinajstić information content (AvgIpc) is 2.91. The fraction of sp³-hybridized carbons (Fsp3) is 0.467. The Morgan fingerprint density at radius 1 is 1.45 bits per heavy atom. The van der Waals surface area contributed by atoms with Gasteiger partial charge in [-0.1, -0.05) is 49.0 Å². The summed E-state index contributed by atoms with van der Waals surface area (Å²) >= 11 is 1.69. The van der Waals surface area contributed by atoms with Gasteiger partial charge in [-0.3, -0.25) is 9.79 Å². The molecule has 0 aliphatic carbocycles. The summed E-state index contributed by atoms with van der Waals surface area (Å²) in [5.74, 6) is 0.998. The van der Waals surface area contributed by atoms with Crippen molar-refractivity contribution in [1.82, 2.24) is 10.6 Å². The molecule has 1 saturated heterocycles. The molecule has 1 amide bonds. The number of carbonyl (C=O) groups is 1. The molecule has 0 radical (unpaired) electrons. The molecule has 1 heterocycles. The summed E-state index contributed by atoms with van der Waals surface area (Å²) in [6.45, 7) is 2.98. The van der Waals surface area contributed by atoms with Gasteiger partial charge in [-0.25, -0.2) is 0 Å². The maximum absolute atomic E-state index is 11.5. The van der Waals surface area contributed by atoms with Crippen molar-refractivity contribution in [3.8, 4) is 0 Å². The fourth-order valence-corrected chi connectivity index (χ4v) is 2.97. The molecule has 4 nitrogen and oxygen atoms in total. The molecule has 1 fully saturated rings. The number of benzene rings is 1. The van der Waals surface area contributed by atoms with E-state index < -0.39 is 0 Å². The van der Waals surface area contributed by atoms with Gasteiger partial charge in [0.15, 0.2) is 5.17 Å². The lowest BCUT2D eigenvalue weighted by molar-refractivity contribution is -0.119. The minimum Gasteiger partial charge on any atom is -0.361 e. The van der Waals surface area contributed by atoms with Crippen LogP contribution >= 0.6 is 11.8 Å². The average molecular weight is 291 g/mol. The second-order valence-corrected chi connectivity index (χ2v) is 5.82. The van der Waals surface area contributed by atoms with Crippen molar-refractivity contribution in [3.05, 3.63) is 35.9 Å². The molecule has 0 saturated carbocycles. The first kappa shape index (κ1) is 14.9. The monoisotopic (exact) mass is 291 g/mol. The van der Waals surface area contributed by atoms with Gasteiger partial charge in [0.25, 0.3) is 0 Å². The van der Waals surface area contributed by atoms with Crippen molar-refractivity contribution < 1.29 is 4.79 Å². The summed E-state index contributed by atoms with van der Waals surface area (Å²) in [5, 5.41) is 7.09. The van der Waals surface area contributed by atoms with E-state index in [-0.39, 0.29) is 12.5 Å². The summed E-state index contributed by atoms with van der Waals surface area (Å²) in [6, 6.07) is 10.8. The number of thioether (sulfide) groups is 1. The number of amidine groups is 1. The zero-order valence-electron chi connectivity index (χ0n) is 11.8. The van der Waals surface area contributed by atoms with Gasteiger partial charge in [0.2, 0.25) is 5.91 Å². The van der Waals surface area contributed by atoms with Crippen molar-refractivity contribution >= 4 is 22.8 Å². The SMILES string of the molecule is CCCNC(=O)CN=C1NC(Cc2ccccc2)CS1. The van der Waals surface area contributed by atoms with Crippen molar-refractivity contribution in [2.75, 3.05) is 18.8 Å². The van der Waals surface area contributed by atoms with Crippen LogP contribution in [-0.4, -0.2) is 36.0 Å². The Morgan fingerprint density at radius 2 is 2.25 bits per heavy atom. The number of amides is 1. The third kappa shape index (κ3) is 4.89. The van der Waals surface area contributed by atoms with Gasteiger partial charge in [0, 0.05) is 18.3 Å². The Morgan fingerprint density at radius 3 is 3.00 bits per heavy atom. The molecule has 0 bridgehead atoms. The van der Waals surface area contributed by atoms with Crippen molar-refractivity contribution in [2.45, 2.75) is 25.8 Å². The predicted molar refractivity (Wildman–Crippen MR) is 85.1 cm³/mol. The number of nitrogens with zero attached hydrogens (tertiary/aromatic N) is 1. The van der Waals surface area contributed by atoms with Gasteiger partial charge in [-0.2, -0.15) is 0 Å². The Bertz CT molecular complexity index is 461. The van der Waals surface area contributed by atoms with Gasteiger partial charge in [-0.15, -0.1) is 0 Å². The molecule has 1 aliphatic heterocycles. The van der Waals surface area contributed by atoms with E-state index in [1.165, 1.54) is 5.56 Å². The highest BCUT2D eigenvalue weighted by molar-refractivity contribution is 8.14. The first-order chi connectivity index (χ1) is 9.78. The lowest BCUT2D eigenvalue weighted by atomic mass is 10.1. The number of aliphatic imine (C=N–C) groups is 1. The van der Waals surface area contributed by atoms with E-state index in [0.717, 1.165) is 30.3 Å². The van der Waals surface area contributed by atoms with Gasteiger partial charge < -0.3 is 10.6 Å². The minimum absolute atomic E-state index is 0.00624. The summed E-state index contributed by atoms with van der Waals surface area (Å²) in [5.41, 5.74) is 1.33. The van der Waals surface area contributed by atoms with Crippen molar-refractivity contribution in [2.24, 2.45) is 4.99 Å². The molecule has 20 heavy (non-hydrogen) atoms. The van der Waals surface area contributed by atoms with Crippen LogP contribution in [0.3, 0.4) is 0 Å². The topological polar surface area (TPSA) is 53.5 Å². The standard InChI is InChI=1S/C15H21N3OS/c1-2-8-16-14(19)10-17-15-18-13(11-20-15)9-12-6-4-3-5-7-12/h3-7,13H,2,8-11H2,1H3,(H,16,19)(H,17,18). The lowest BCUT2D eigenvalue weighted by Crippen LogP contribution is -2.30. The second-order valence-electron chi connectivity index (χ2n) is 4.81. The van der Waals surface area contributed by atoms with Crippen LogP contribution in [0.1, 0.15) is 18.9 Å². The number of rotatable bonds is 6. The molecular weight excluding hydrogens is 270 g/mol. The first-order valence-electron chi connectivity index (χ1n) is 7.02. The van der Waals surface area contributed by atoms with E-state index in [4.69, 9.17) is 0 Å². The Balaban J connectivity index is 1.76. The maximum Gasteiger partial charge on any atom is 0.241 e. The third-order valence-electron chi connectivity index (χ3n) is 3.01. The molecule has 0 aromatic heterocycles. The quantitative estimate of drug-likeness (QED) is 0.840. The molecule has 2 rings (SSSR count). The van der Waals surface area contributed by atoms with Crippen molar-refractivity contribution in [1.29, 1.82) is 0 Å². The third-order valence-corrected chi connectivity index (χ3v) is 4.10. The molecule has 1 unspecified atom stereocenters. The van der Waals surface area contributed by atoms with E-state index in [9.17, 15) is 4.79 Å². The van der Waals surface area contributed by atoms with Crippen LogP contribution in [0.2, 0.25) is 0 Å². The normalized spacial score (nSPS) is 19.9. The highest BCUT2D eigenvalue weighted by Crippen LogP contribution is 2.17. The lowest BCUT2D eigenvalue weighted by Gasteiger charge is -2.09. The molecule has 1 aliphatic rings. The van der Waals surface area contributed by atoms with Crippen LogP contribution in [0, 0.1) is 0 Å². The van der Waals surface area contributed by atoms with Crippen LogP contribution < -0.4 is 10.6 Å². The molecular formula is C15H21N3OS. The van der Waals surface area contributed by atoms with Crippen LogP contribution in [-0.2, 0) is 11.2 Å². The molecule has 1 atom stereocenters. The molecule has 108 valence electrons. The van der Waals surface area contributed by atoms with Crippen LogP contribution in [0.4, 0.5) is 0 Å². The zero-order chi connectivity index (χ0) is 14.2. The number of carbonyl (C=O) groups excluding carboxylic acids is 1. The van der Waals surface area contributed by atoms with Gasteiger partial charge in [0.1, 0.15) is 6.54 Å². The van der Waals surface area contributed by atoms with E-state index in [1.54, 1.807) is 11.8 Å². The molecule has 1 aromatic carbocycles. The zero-order valence-corrected chi connectivity index (χ0v) is 12.6. The van der Waals surface area contributed by atoms with Gasteiger partial charge in [0.05, 0.1) is 0 Å². The second kappa shape index (κ2) is 7.94. The Labute approximate surface area is 124 Å². The number of hydrogen-bond acceptors (Lipinski definition) is 3. The summed E-state index contributed by atoms with van der Waals surface area (Å²) in [7, 11) is 0. The van der Waals surface area contributed by atoms with E-state index in [1.807, 2.05) is 13.0 Å². The summed E-state index contributed by atoms with van der Waals surface area (Å²) < 4.78 is 0. The van der Waals surface area contributed by atoms with Crippen LogP contribution in [0.15, 0.2) is 35.3 Å². The van der Waals surface area contributed by atoms with Crippen LogP contribution in [0.25, 0.3) is 0 Å². The fourth-order valence-electron chi connectivity index (χ4n) is 2.00. The number of hydrogen-bond donors (Lipinski definition) is 2. The molecule has 1 aromatic rings. The molecule has 0 spiro atoms. The van der Waals surface area contributed by atoms with Gasteiger partial charge >= 0.3 is 0 Å². The minimum atomic E-state index is -0.00624. The van der Waals surface area contributed by atoms with Crippen LogP contribution in [0.5, 0.6) is 0 Å². The summed E-state index contributed by atoms with van der Waals surface area (Å²) in [6.07, 6.45) is 1.95. The molecule has 5 heteroatoms. The van der Waals surface area contributed by atoms with Crippen molar-refractivity contribution in [3.63, 3.8) is 0 Å². The number of nitrogens with one attached hydrogen (secondary N) is 2. The van der Waals surface area contributed by atoms with E-state index in [0.29, 0.717) is 6.04 Å². The maximum atomic E-state index is 11.5. The smallest absolute Gasteiger partial charge is 0.241 e. The predicted octanol–water partition coefficient (Wildman–Crippen LogP) is 1.82. The van der Waals surface area contributed by atoms with E-state index >= 15 is 0 Å². The highest BCUT2D eigenvalue weighted by Gasteiger charge is 2.20. The van der Waals surface area contributed by atoms with Gasteiger partial charge in [-0.05, 0) is 18.4 Å². The van der Waals surface area contributed by atoms with E-state index in [2.05, 4.69) is 39.9 Å². The largest absolute Gasteiger partial charge is 0.361 e. The Kier molecular flexibility index (Phi) is 5.92. The molecule has 2 N–H and O–H groups in total. The first-order valence-corrected chi connectivity index (χ1v) is 8.01. The summed E-state index contributed by atoms with van der Waals surface area (Å²) in [4.78, 5) is 15.8. The Hall–Kier alpha value is -1.49. The highest BCUT2D eigenvalue weighted by atomic mass is 32.2.